The standard InChI is InChI=1S/C37H38N6O8/c44-15-5-11-34(46)50-17-13-24-19-26(36(48)32(21-24)42-38-28-7-1-2-8-29(28)39-42)23-27-20-25(14-18-51-35(47)12-6-16-45)22-33(37(27)49)43-40-30-9-3-4-10-31(30)41-43/h1-4,7-10,19-22,44-45,48-49H,5-6,11-18,23H2. The fourth-order valence-corrected chi connectivity index (χ4v) is 5.64. The van der Waals surface area contributed by atoms with Crippen molar-refractivity contribution in [3.8, 4) is 22.9 Å². The number of aliphatic hydroxyl groups excluding tert-OH is 2. The van der Waals surface area contributed by atoms with Gasteiger partial charge in [0.15, 0.2) is 0 Å². The van der Waals surface area contributed by atoms with E-state index < -0.39 is 11.9 Å². The first-order valence-electron chi connectivity index (χ1n) is 16.7. The van der Waals surface area contributed by atoms with Crippen molar-refractivity contribution in [1.29, 1.82) is 0 Å². The summed E-state index contributed by atoms with van der Waals surface area (Å²) in [5.41, 5.74) is 5.47. The molecule has 264 valence electrons. The second-order valence-electron chi connectivity index (χ2n) is 12.0. The maximum absolute atomic E-state index is 12.1. The van der Waals surface area contributed by atoms with Crippen LogP contribution < -0.4 is 0 Å². The average molecular weight is 695 g/mol. The maximum atomic E-state index is 12.1. The van der Waals surface area contributed by atoms with Gasteiger partial charge in [-0.1, -0.05) is 36.4 Å². The lowest BCUT2D eigenvalue weighted by atomic mass is 9.96. The van der Waals surface area contributed by atoms with Crippen LogP contribution in [0.15, 0.2) is 72.8 Å². The van der Waals surface area contributed by atoms with E-state index in [0.29, 0.717) is 70.3 Å². The highest BCUT2D eigenvalue weighted by Crippen LogP contribution is 2.35. The van der Waals surface area contributed by atoms with Crippen LogP contribution in [0, 0.1) is 0 Å². The number of carbonyl (C=O) groups excluding carboxylic acids is 2. The molecule has 0 atom stereocenters. The van der Waals surface area contributed by atoms with Crippen LogP contribution in [0.1, 0.15) is 47.9 Å². The molecule has 2 heterocycles. The number of aromatic nitrogens is 6. The molecule has 6 aromatic rings. The highest BCUT2D eigenvalue weighted by atomic mass is 16.5. The molecule has 51 heavy (non-hydrogen) atoms. The average Bonchev–Trinajstić information content (AvgIpc) is 3.77. The van der Waals surface area contributed by atoms with Crippen molar-refractivity contribution >= 4 is 34.0 Å². The summed E-state index contributed by atoms with van der Waals surface area (Å²) in [7, 11) is 0. The van der Waals surface area contributed by atoms with Gasteiger partial charge in [-0.05, 0) is 60.4 Å². The van der Waals surface area contributed by atoms with Crippen LogP contribution in [0.25, 0.3) is 33.4 Å². The Morgan fingerprint density at radius 3 is 1.31 bits per heavy atom. The minimum absolute atomic E-state index is 0.0630. The molecule has 14 heteroatoms. The van der Waals surface area contributed by atoms with E-state index in [1.165, 1.54) is 9.59 Å². The van der Waals surface area contributed by atoms with E-state index in [2.05, 4.69) is 20.4 Å². The minimum atomic E-state index is -0.420. The van der Waals surface area contributed by atoms with E-state index in [1.807, 2.05) is 48.5 Å². The molecule has 0 aliphatic rings. The van der Waals surface area contributed by atoms with Gasteiger partial charge in [-0.3, -0.25) is 9.59 Å². The molecule has 0 unspecified atom stereocenters. The molecule has 0 saturated heterocycles. The zero-order valence-electron chi connectivity index (χ0n) is 27.8. The van der Waals surface area contributed by atoms with Gasteiger partial charge in [-0.25, -0.2) is 0 Å². The third-order valence-corrected chi connectivity index (χ3v) is 8.23. The van der Waals surface area contributed by atoms with Crippen molar-refractivity contribution in [3.05, 3.63) is 95.1 Å². The molecule has 2 aromatic heterocycles. The quantitative estimate of drug-likeness (QED) is 0.107. The van der Waals surface area contributed by atoms with Crippen LogP contribution in [0.3, 0.4) is 0 Å². The number of esters is 2. The molecule has 0 fully saturated rings. The molecule has 0 radical (unpaired) electrons. The van der Waals surface area contributed by atoms with Gasteiger partial charge in [0, 0.05) is 56.4 Å². The monoisotopic (exact) mass is 694 g/mol. The number of aromatic hydroxyl groups is 2. The lowest BCUT2D eigenvalue weighted by Gasteiger charge is -2.16. The molecular formula is C37H38N6O8. The highest BCUT2D eigenvalue weighted by molar-refractivity contribution is 5.75. The Morgan fingerprint density at radius 2 is 0.961 bits per heavy atom. The number of ether oxygens (including phenoxy) is 2. The molecule has 14 nitrogen and oxygen atoms in total. The second kappa shape index (κ2) is 16.2. The van der Waals surface area contributed by atoms with Gasteiger partial charge in [-0.15, -0.1) is 30.0 Å². The summed E-state index contributed by atoms with van der Waals surface area (Å²) in [6, 6.07) is 21.6. The summed E-state index contributed by atoms with van der Waals surface area (Å²) in [6.07, 6.45) is 1.52. The van der Waals surface area contributed by atoms with Crippen molar-refractivity contribution in [2.45, 2.75) is 44.9 Å². The SMILES string of the molecule is O=C(CCCO)OCCc1cc(Cc2cc(CCOC(=O)CCCO)cc(-n3nc4ccccc4n3)c2O)c(O)c(-n2nc3ccccc3n2)c1. The predicted octanol–water partition coefficient (Wildman–Crippen LogP) is 3.87. The number of fused-ring (bicyclic) bond motifs is 2. The Morgan fingerprint density at radius 1 is 0.588 bits per heavy atom. The zero-order valence-corrected chi connectivity index (χ0v) is 27.8. The van der Waals surface area contributed by atoms with E-state index in [1.54, 1.807) is 24.3 Å². The number of hydrogen-bond donors (Lipinski definition) is 4. The Hall–Kier alpha value is -5.86. The van der Waals surface area contributed by atoms with Crippen molar-refractivity contribution in [3.63, 3.8) is 0 Å². The Balaban J connectivity index is 1.37. The lowest BCUT2D eigenvalue weighted by Crippen LogP contribution is -2.10. The molecule has 0 amide bonds. The topological polar surface area (TPSA) is 195 Å². The van der Waals surface area contributed by atoms with E-state index in [4.69, 9.17) is 19.7 Å². The lowest BCUT2D eigenvalue weighted by molar-refractivity contribution is -0.144. The Kier molecular flexibility index (Phi) is 11.1. The summed E-state index contributed by atoms with van der Waals surface area (Å²) >= 11 is 0. The van der Waals surface area contributed by atoms with E-state index in [-0.39, 0.29) is 57.2 Å². The van der Waals surface area contributed by atoms with Crippen LogP contribution in [-0.4, -0.2) is 88.8 Å². The number of nitrogens with zero attached hydrogens (tertiary/aromatic N) is 6. The summed E-state index contributed by atoms with van der Waals surface area (Å²) in [4.78, 5) is 26.9. The Labute approximate surface area is 292 Å². The molecule has 4 aromatic carbocycles. The normalized spacial score (nSPS) is 11.3. The summed E-state index contributed by atoms with van der Waals surface area (Å²) in [5.74, 6) is -1.05. The van der Waals surface area contributed by atoms with Crippen LogP contribution in [0.4, 0.5) is 0 Å². The number of aliphatic hydroxyl groups is 2. The molecule has 0 aliphatic carbocycles. The van der Waals surface area contributed by atoms with E-state index in [0.717, 1.165) is 11.1 Å². The minimum Gasteiger partial charge on any atom is -0.505 e. The number of phenols is 2. The molecule has 6 rings (SSSR count). The molecule has 0 saturated carbocycles. The van der Waals surface area contributed by atoms with Gasteiger partial charge >= 0.3 is 11.9 Å². The van der Waals surface area contributed by atoms with Gasteiger partial charge in [0.2, 0.25) is 0 Å². The number of phenolic OH excluding ortho intramolecular Hbond substituents is 2. The van der Waals surface area contributed by atoms with Crippen molar-refractivity contribution in [2.75, 3.05) is 26.4 Å². The molecule has 4 N–H and O–H groups in total. The fraction of sp³-hybridized carbons (Fsp3) is 0.297. The van der Waals surface area contributed by atoms with Crippen LogP contribution in [-0.2, 0) is 38.3 Å². The Bertz CT molecular complexity index is 1940. The first-order chi connectivity index (χ1) is 24.8. The van der Waals surface area contributed by atoms with Gasteiger partial charge < -0.3 is 29.9 Å². The number of rotatable bonds is 16. The molecule has 0 spiro atoms. The highest BCUT2D eigenvalue weighted by Gasteiger charge is 2.20. The van der Waals surface area contributed by atoms with Gasteiger partial charge in [0.25, 0.3) is 0 Å². The third kappa shape index (κ3) is 8.48. The fourth-order valence-electron chi connectivity index (χ4n) is 5.64. The molecule has 0 bridgehead atoms. The summed E-state index contributed by atoms with van der Waals surface area (Å²) < 4.78 is 10.8. The third-order valence-electron chi connectivity index (χ3n) is 8.23. The predicted molar refractivity (Wildman–Crippen MR) is 186 cm³/mol. The first-order valence-corrected chi connectivity index (χ1v) is 16.7. The number of benzene rings is 4. The maximum Gasteiger partial charge on any atom is 0.305 e. The van der Waals surface area contributed by atoms with Crippen molar-refractivity contribution in [1.82, 2.24) is 30.0 Å². The smallest absolute Gasteiger partial charge is 0.305 e. The van der Waals surface area contributed by atoms with Crippen LogP contribution >= 0.6 is 0 Å². The number of hydrogen-bond acceptors (Lipinski definition) is 12. The first kappa shape index (κ1) is 35.0. The summed E-state index contributed by atoms with van der Waals surface area (Å²) in [6.45, 7) is -0.0709. The summed E-state index contributed by atoms with van der Waals surface area (Å²) in [5, 5.41) is 59.7. The van der Waals surface area contributed by atoms with E-state index >= 15 is 0 Å². The second-order valence-corrected chi connectivity index (χ2v) is 12.0. The van der Waals surface area contributed by atoms with Gasteiger partial charge in [0.05, 0.1) is 13.2 Å². The van der Waals surface area contributed by atoms with E-state index in [9.17, 15) is 19.8 Å². The van der Waals surface area contributed by atoms with Crippen LogP contribution in [0.5, 0.6) is 11.5 Å². The largest absolute Gasteiger partial charge is 0.505 e. The number of carbonyl (C=O) groups is 2. The van der Waals surface area contributed by atoms with Crippen LogP contribution in [0.2, 0.25) is 0 Å². The molecule has 0 aliphatic heterocycles. The zero-order chi connectivity index (χ0) is 35.7. The van der Waals surface area contributed by atoms with Crippen molar-refractivity contribution in [2.24, 2.45) is 0 Å². The molecular weight excluding hydrogens is 656 g/mol. The van der Waals surface area contributed by atoms with Gasteiger partial charge in [0.1, 0.15) is 44.9 Å². The van der Waals surface area contributed by atoms with Gasteiger partial charge in [-0.2, -0.15) is 0 Å². The van der Waals surface area contributed by atoms with Crippen molar-refractivity contribution < 1.29 is 39.5 Å².